The summed E-state index contributed by atoms with van der Waals surface area (Å²) in [5.74, 6) is 0.138. The van der Waals surface area contributed by atoms with E-state index in [1.807, 2.05) is 18.2 Å². The molecular weight excluding hydrogens is 368 g/mol. The number of hydrogen-bond donors (Lipinski definition) is 3. The Morgan fingerprint density at radius 1 is 1.21 bits per heavy atom. The molecular formula is C22H24N4O3. The average Bonchev–Trinajstić information content (AvgIpc) is 2.67. The van der Waals surface area contributed by atoms with Gasteiger partial charge in [-0.15, -0.1) is 0 Å². The van der Waals surface area contributed by atoms with Gasteiger partial charge in [0.25, 0.3) is 11.5 Å². The molecule has 7 nitrogen and oxygen atoms in total. The van der Waals surface area contributed by atoms with E-state index in [9.17, 15) is 14.4 Å². The first-order chi connectivity index (χ1) is 13.8. The fourth-order valence-electron chi connectivity index (χ4n) is 4.23. The maximum Gasteiger partial charge on any atom is 0.327 e. The highest BCUT2D eigenvalue weighted by Gasteiger charge is 2.28. The molecule has 0 spiro atoms. The van der Waals surface area contributed by atoms with Gasteiger partial charge in [-0.2, -0.15) is 0 Å². The SMILES string of the molecule is CC1(C)CCCC(c2cccc(NC(=O)c3cnc4[nH]c(=O)[nH]c(=O)c4c3)c2)C1. The third kappa shape index (κ3) is 4.13. The third-order valence-corrected chi connectivity index (χ3v) is 5.67. The van der Waals surface area contributed by atoms with Crippen LogP contribution in [0.3, 0.4) is 0 Å². The van der Waals surface area contributed by atoms with Crippen LogP contribution in [0, 0.1) is 5.41 Å². The minimum absolute atomic E-state index is 0.150. The van der Waals surface area contributed by atoms with E-state index in [4.69, 9.17) is 0 Å². The summed E-state index contributed by atoms with van der Waals surface area (Å²) in [6.45, 7) is 4.62. The first-order valence-electron chi connectivity index (χ1n) is 9.84. The van der Waals surface area contributed by atoms with Crippen molar-refractivity contribution in [1.82, 2.24) is 15.0 Å². The van der Waals surface area contributed by atoms with Crippen LogP contribution in [0.25, 0.3) is 11.0 Å². The molecule has 1 saturated carbocycles. The third-order valence-electron chi connectivity index (χ3n) is 5.67. The molecule has 1 aromatic carbocycles. The van der Waals surface area contributed by atoms with E-state index in [1.54, 1.807) is 0 Å². The first kappa shape index (κ1) is 19.1. The summed E-state index contributed by atoms with van der Waals surface area (Å²) >= 11 is 0. The molecule has 1 aliphatic rings. The molecule has 1 aliphatic carbocycles. The van der Waals surface area contributed by atoms with Gasteiger partial charge < -0.3 is 5.32 Å². The van der Waals surface area contributed by atoms with Crippen molar-refractivity contribution >= 4 is 22.6 Å². The number of anilines is 1. The maximum atomic E-state index is 12.7. The van der Waals surface area contributed by atoms with Crippen LogP contribution in [0.15, 0.2) is 46.1 Å². The van der Waals surface area contributed by atoms with Crippen molar-refractivity contribution in [3.63, 3.8) is 0 Å². The van der Waals surface area contributed by atoms with Crippen LogP contribution < -0.4 is 16.6 Å². The summed E-state index contributed by atoms with van der Waals surface area (Å²) in [5.41, 5.74) is 1.49. The highest BCUT2D eigenvalue weighted by molar-refractivity contribution is 6.05. The molecule has 1 atom stereocenters. The maximum absolute atomic E-state index is 12.7. The summed E-state index contributed by atoms with van der Waals surface area (Å²) in [7, 11) is 0. The number of carbonyl (C=O) groups is 1. The van der Waals surface area contributed by atoms with Crippen molar-refractivity contribution in [3.8, 4) is 0 Å². The van der Waals surface area contributed by atoms with Crippen molar-refractivity contribution < 1.29 is 4.79 Å². The standard InChI is InChI=1S/C22H24N4O3/c1-22(2)8-4-6-14(11-22)13-5-3-7-16(9-13)24-19(27)15-10-17-18(23-12-15)25-21(29)26-20(17)28/h3,5,7,9-10,12,14H,4,6,8,11H2,1-2H3,(H,24,27)(H2,23,25,26,28,29). The van der Waals surface area contributed by atoms with Crippen LogP contribution in [-0.4, -0.2) is 20.9 Å². The summed E-state index contributed by atoms with van der Waals surface area (Å²) in [6.07, 6.45) is 6.11. The Labute approximate surface area is 167 Å². The van der Waals surface area contributed by atoms with E-state index in [2.05, 4.69) is 40.2 Å². The number of nitrogens with zero attached hydrogens (tertiary/aromatic N) is 1. The quantitative estimate of drug-likeness (QED) is 0.633. The van der Waals surface area contributed by atoms with Crippen LogP contribution in [0.5, 0.6) is 0 Å². The highest BCUT2D eigenvalue weighted by atomic mass is 16.2. The number of benzene rings is 1. The van der Waals surface area contributed by atoms with Gasteiger partial charge in [-0.1, -0.05) is 32.4 Å². The number of aromatic amines is 2. The lowest BCUT2D eigenvalue weighted by atomic mass is 9.70. The van der Waals surface area contributed by atoms with E-state index >= 15 is 0 Å². The number of hydrogen-bond acceptors (Lipinski definition) is 4. The Morgan fingerprint density at radius 3 is 2.83 bits per heavy atom. The lowest BCUT2D eigenvalue weighted by Crippen LogP contribution is -2.23. The van der Waals surface area contributed by atoms with Gasteiger partial charge in [0.05, 0.1) is 10.9 Å². The molecule has 2 aromatic heterocycles. The van der Waals surface area contributed by atoms with Gasteiger partial charge in [-0.05, 0) is 54.4 Å². The molecule has 0 bridgehead atoms. The fourth-order valence-corrected chi connectivity index (χ4v) is 4.23. The van der Waals surface area contributed by atoms with Crippen LogP contribution in [-0.2, 0) is 0 Å². The van der Waals surface area contributed by atoms with Crippen molar-refractivity contribution in [2.45, 2.75) is 45.4 Å². The minimum atomic E-state index is -0.630. The van der Waals surface area contributed by atoms with Crippen LogP contribution in [0.2, 0.25) is 0 Å². The smallest absolute Gasteiger partial charge is 0.322 e. The Kier molecular flexibility index (Phi) is 4.82. The molecule has 1 amide bonds. The van der Waals surface area contributed by atoms with E-state index in [-0.39, 0.29) is 22.5 Å². The van der Waals surface area contributed by atoms with E-state index in [0.717, 1.165) is 12.8 Å². The minimum Gasteiger partial charge on any atom is -0.322 e. The number of rotatable bonds is 3. The van der Waals surface area contributed by atoms with Crippen molar-refractivity contribution in [2.24, 2.45) is 5.41 Å². The molecule has 0 radical (unpaired) electrons. The lowest BCUT2D eigenvalue weighted by molar-refractivity contribution is 0.102. The number of H-pyrrole nitrogens is 2. The zero-order valence-electron chi connectivity index (χ0n) is 16.5. The van der Waals surface area contributed by atoms with Gasteiger partial charge >= 0.3 is 5.69 Å². The lowest BCUT2D eigenvalue weighted by Gasteiger charge is -2.35. The molecule has 3 aromatic rings. The number of carbonyl (C=O) groups excluding carboxylic acids is 1. The second-order valence-corrected chi connectivity index (χ2v) is 8.57. The molecule has 2 heterocycles. The molecule has 4 rings (SSSR count). The summed E-state index contributed by atoms with van der Waals surface area (Å²) in [4.78, 5) is 44.6. The monoisotopic (exact) mass is 392 g/mol. The second-order valence-electron chi connectivity index (χ2n) is 8.57. The zero-order valence-corrected chi connectivity index (χ0v) is 16.5. The van der Waals surface area contributed by atoms with Gasteiger partial charge in [-0.25, -0.2) is 9.78 Å². The largest absolute Gasteiger partial charge is 0.327 e. The second kappa shape index (κ2) is 7.31. The molecule has 29 heavy (non-hydrogen) atoms. The predicted octanol–water partition coefficient (Wildman–Crippen LogP) is 3.55. The Morgan fingerprint density at radius 2 is 2.03 bits per heavy atom. The number of aromatic nitrogens is 3. The Bertz CT molecular complexity index is 1190. The van der Waals surface area contributed by atoms with Gasteiger partial charge in [0.15, 0.2) is 0 Å². The van der Waals surface area contributed by atoms with Crippen molar-refractivity contribution in [2.75, 3.05) is 5.32 Å². The number of amides is 1. The van der Waals surface area contributed by atoms with E-state index in [1.165, 1.54) is 30.7 Å². The molecule has 1 unspecified atom stereocenters. The van der Waals surface area contributed by atoms with Crippen molar-refractivity contribution in [3.05, 3.63) is 68.5 Å². The summed E-state index contributed by atoms with van der Waals surface area (Å²) in [5, 5.41) is 3.05. The van der Waals surface area contributed by atoms with Gasteiger partial charge in [0.1, 0.15) is 5.65 Å². The topological polar surface area (TPSA) is 108 Å². The highest BCUT2D eigenvalue weighted by Crippen LogP contribution is 2.43. The number of pyridine rings is 1. The average molecular weight is 392 g/mol. The van der Waals surface area contributed by atoms with Crippen LogP contribution in [0.1, 0.15) is 61.4 Å². The normalized spacial score (nSPS) is 18.5. The van der Waals surface area contributed by atoms with Crippen molar-refractivity contribution in [1.29, 1.82) is 0 Å². The molecule has 7 heteroatoms. The van der Waals surface area contributed by atoms with Gasteiger partial charge in [-0.3, -0.25) is 19.6 Å². The fraction of sp³-hybridized carbons (Fsp3) is 0.364. The molecule has 3 N–H and O–H groups in total. The van der Waals surface area contributed by atoms with Gasteiger partial charge in [0, 0.05) is 11.9 Å². The molecule has 0 saturated heterocycles. The number of fused-ring (bicyclic) bond motifs is 1. The summed E-state index contributed by atoms with van der Waals surface area (Å²) < 4.78 is 0. The molecule has 150 valence electrons. The first-order valence-corrected chi connectivity index (χ1v) is 9.84. The van der Waals surface area contributed by atoms with E-state index < -0.39 is 11.2 Å². The Hall–Kier alpha value is -3.22. The molecule has 0 aliphatic heterocycles. The van der Waals surface area contributed by atoms with Crippen LogP contribution >= 0.6 is 0 Å². The predicted molar refractivity (Wildman–Crippen MR) is 112 cm³/mol. The number of nitrogens with one attached hydrogen (secondary N) is 3. The van der Waals surface area contributed by atoms with Crippen LogP contribution in [0.4, 0.5) is 5.69 Å². The summed E-state index contributed by atoms with van der Waals surface area (Å²) in [6, 6.07) is 9.40. The zero-order chi connectivity index (χ0) is 20.6. The van der Waals surface area contributed by atoms with E-state index in [0.29, 0.717) is 17.0 Å². The molecule has 1 fully saturated rings. The van der Waals surface area contributed by atoms with Gasteiger partial charge in [0.2, 0.25) is 0 Å². The Balaban J connectivity index is 1.57.